The molecule has 0 aromatic heterocycles. The molecule has 1 saturated heterocycles. The Morgan fingerprint density at radius 1 is 0.970 bits per heavy atom. The SMILES string of the molecule is COc1cc(C(=O)OCC(=O)N2CCCC2c2ccc3c(c2)OCCO3)cc2c1OCCO2. The van der Waals surface area contributed by atoms with Crippen molar-refractivity contribution >= 4 is 11.9 Å². The van der Waals surface area contributed by atoms with E-state index in [-0.39, 0.29) is 24.1 Å². The van der Waals surface area contributed by atoms with Crippen LogP contribution >= 0.6 is 0 Å². The number of benzene rings is 2. The van der Waals surface area contributed by atoms with E-state index in [1.54, 1.807) is 4.90 Å². The molecular weight excluding hydrogens is 430 g/mol. The number of ether oxygens (including phenoxy) is 6. The molecule has 1 atom stereocenters. The fraction of sp³-hybridized carbons (Fsp3) is 0.417. The smallest absolute Gasteiger partial charge is 0.338 e. The van der Waals surface area contributed by atoms with E-state index in [9.17, 15) is 9.59 Å². The molecule has 0 radical (unpaired) electrons. The number of esters is 1. The van der Waals surface area contributed by atoms with Gasteiger partial charge in [-0.25, -0.2) is 4.79 Å². The second kappa shape index (κ2) is 9.09. The van der Waals surface area contributed by atoms with Crippen molar-refractivity contribution in [2.24, 2.45) is 0 Å². The highest BCUT2D eigenvalue weighted by molar-refractivity contribution is 5.93. The van der Waals surface area contributed by atoms with E-state index in [2.05, 4.69) is 0 Å². The van der Waals surface area contributed by atoms with Crippen LogP contribution in [-0.4, -0.2) is 63.5 Å². The Morgan fingerprint density at radius 3 is 2.55 bits per heavy atom. The van der Waals surface area contributed by atoms with Crippen molar-refractivity contribution < 1.29 is 38.0 Å². The lowest BCUT2D eigenvalue weighted by molar-refractivity contribution is -0.135. The van der Waals surface area contributed by atoms with Gasteiger partial charge < -0.3 is 33.3 Å². The third-order valence-electron chi connectivity index (χ3n) is 5.91. The van der Waals surface area contributed by atoms with E-state index in [4.69, 9.17) is 28.4 Å². The monoisotopic (exact) mass is 455 g/mol. The van der Waals surface area contributed by atoms with E-state index in [1.807, 2.05) is 18.2 Å². The third-order valence-corrected chi connectivity index (χ3v) is 5.91. The Kier molecular flexibility index (Phi) is 5.85. The van der Waals surface area contributed by atoms with E-state index in [0.29, 0.717) is 61.7 Å². The molecule has 1 unspecified atom stereocenters. The minimum absolute atomic E-state index is 0.0959. The largest absolute Gasteiger partial charge is 0.493 e. The fourth-order valence-corrected chi connectivity index (χ4v) is 4.36. The molecule has 0 saturated carbocycles. The maximum atomic E-state index is 12.9. The Hall–Kier alpha value is -3.62. The summed E-state index contributed by atoms with van der Waals surface area (Å²) in [6.45, 7) is 2.07. The predicted molar refractivity (Wildman–Crippen MR) is 115 cm³/mol. The zero-order valence-electron chi connectivity index (χ0n) is 18.3. The zero-order valence-corrected chi connectivity index (χ0v) is 18.3. The molecule has 0 aliphatic carbocycles. The lowest BCUT2D eigenvalue weighted by atomic mass is 10.0. The molecule has 1 fully saturated rings. The third kappa shape index (κ3) is 4.22. The molecule has 0 bridgehead atoms. The van der Waals surface area contributed by atoms with Crippen molar-refractivity contribution in [2.75, 3.05) is 46.7 Å². The Balaban J connectivity index is 1.25. The van der Waals surface area contributed by atoms with Gasteiger partial charge in [0.25, 0.3) is 5.91 Å². The van der Waals surface area contributed by atoms with Crippen LogP contribution in [0.2, 0.25) is 0 Å². The number of likely N-dealkylation sites (tertiary alicyclic amines) is 1. The predicted octanol–water partition coefficient (Wildman–Crippen LogP) is 2.76. The number of amides is 1. The van der Waals surface area contributed by atoms with Crippen LogP contribution < -0.4 is 23.7 Å². The molecule has 2 aromatic rings. The molecule has 1 amide bonds. The highest BCUT2D eigenvalue weighted by Crippen LogP contribution is 2.41. The fourth-order valence-electron chi connectivity index (χ4n) is 4.36. The molecule has 174 valence electrons. The summed E-state index contributed by atoms with van der Waals surface area (Å²) in [4.78, 5) is 27.3. The lowest BCUT2D eigenvalue weighted by Gasteiger charge is -2.26. The Morgan fingerprint density at radius 2 is 1.73 bits per heavy atom. The summed E-state index contributed by atoms with van der Waals surface area (Å²) in [6.07, 6.45) is 1.71. The summed E-state index contributed by atoms with van der Waals surface area (Å²) < 4.78 is 33.0. The van der Waals surface area contributed by atoms with Crippen LogP contribution in [0.4, 0.5) is 0 Å². The van der Waals surface area contributed by atoms with Gasteiger partial charge in [0.2, 0.25) is 5.75 Å². The maximum absolute atomic E-state index is 12.9. The van der Waals surface area contributed by atoms with Gasteiger partial charge in [0.05, 0.1) is 18.7 Å². The van der Waals surface area contributed by atoms with Crippen LogP contribution in [0.3, 0.4) is 0 Å². The molecular formula is C24H25NO8. The molecule has 33 heavy (non-hydrogen) atoms. The summed E-state index contributed by atoms with van der Waals surface area (Å²) in [5, 5.41) is 0. The van der Waals surface area contributed by atoms with Crippen molar-refractivity contribution in [3.63, 3.8) is 0 Å². The van der Waals surface area contributed by atoms with Gasteiger partial charge in [-0.15, -0.1) is 0 Å². The molecule has 2 aromatic carbocycles. The van der Waals surface area contributed by atoms with Gasteiger partial charge in [-0.1, -0.05) is 6.07 Å². The molecule has 0 N–H and O–H groups in total. The van der Waals surface area contributed by atoms with E-state index >= 15 is 0 Å². The minimum atomic E-state index is -0.631. The van der Waals surface area contributed by atoms with Crippen molar-refractivity contribution in [3.8, 4) is 28.7 Å². The first-order chi connectivity index (χ1) is 16.1. The second-order valence-electron chi connectivity index (χ2n) is 7.93. The summed E-state index contributed by atoms with van der Waals surface area (Å²) >= 11 is 0. The minimum Gasteiger partial charge on any atom is -0.493 e. The van der Waals surface area contributed by atoms with E-state index < -0.39 is 5.97 Å². The first kappa shape index (κ1) is 21.2. The zero-order chi connectivity index (χ0) is 22.8. The summed E-state index contributed by atoms with van der Waals surface area (Å²) in [5.41, 5.74) is 1.21. The van der Waals surface area contributed by atoms with Gasteiger partial charge in [-0.2, -0.15) is 0 Å². The van der Waals surface area contributed by atoms with Crippen LogP contribution in [-0.2, 0) is 9.53 Å². The van der Waals surface area contributed by atoms with E-state index in [0.717, 1.165) is 18.4 Å². The van der Waals surface area contributed by atoms with Crippen molar-refractivity contribution in [2.45, 2.75) is 18.9 Å². The number of carbonyl (C=O) groups is 2. The number of fused-ring (bicyclic) bond motifs is 2. The average molecular weight is 455 g/mol. The number of nitrogens with zero attached hydrogens (tertiary/aromatic N) is 1. The van der Waals surface area contributed by atoms with Crippen molar-refractivity contribution in [1.29, 1.82) is 0 Å². The van der Waals surface area contributed by atoms with Crippen molar-refractivity contribution in [3.05, 3.63) is 41.5 Å². The molecule has 0 spiro atoms. The summed E-state index contributed by atoms with van der Waals surface area (Å²) in [6, 6.07) is 8.72. The van der Waals surface area contributed by atoms with Gasteiger partial charge in [0.1, 0.15) is 26.4 Å². The normalized spacial score (nSPS) is 18.6. The molecule has 5 rings (SSSR count). The summed E-state index contributed by atoms with van der Waals surface area (Å²) in [7, 11) is 1.48. The standard InChI is InChI=1S/C24H25NO8/c1-28-20-12-16(13-21-23(20)32-10-9-31-21)24(27)33-14-22(26)25-6-2-3-17(25)15-4-5-18-19(11-15)30-8-7-29-18/h4-5,11-13,17H,2-3,6-10,14H2,1H3. The topological polar surface area (TPSA) is 92.8 Å². The van der Waals surface area contributed by atoms with Gasteiger partial charge in [-0.05, 0) is 42.7 Å². The van der Waals surface area contributed by atoms with E-state index in [1.165, 1.54) is 19.2 Å². The van der Waals surface area contributed by atoms with Crippen LogP contribution in [0.5, 0.6) is 28.7 Å². The molecule has 3 aliphatic rings. The molecule has 9 nitrogen and oxygen atoms in total. The first-order valence-corrected chi connectivity index (χ1v) is 11.0. The molecule has 3 heterocycles. The van der Waals surface area contributed by atoms with Crippen LogP contribution in [0.15, 0.2) is 30.3 Å². The maximum Gasteiger partial charge on any atom is 0.338 e. The Bertz CT molecular complexity index is 1050. The van der Waals surface area contributed by atoms with Gasteiger partial charge in [0.15, 0.2) is 29.6 Å². The van der Waals surface area contributed by atoms with Crippen molar-refractivity contribution in [1.82, 2.24) is 4.90 Å². The van der Waals surface area contributed by atoms with Gasteiger partial charge in [-0.3, -0.25) is 4.79 Å². The Labute approximate surface area is 191 Å². The first-order valence-electron chi connectivity index (χ1n) is 11.0. The van der Waals surface area contributed by atoms with Gasteiger partial charge >= 0.3 is 5.97 Å². The highest BCUT2D eigenvalue weighted by atomic mass is 16.6. The lowest BCUT2D eigenvalue weighted by Crippen LogP contribution is -2.34. The number of rotatable bonds is 5. The van der Waals surface area contributed by atoms with Gasteiger partial charge in [0, 0.05) is 6.54 Å². The summed E-state index contributed by atoms with van der Waals surface area (Å²) in [5.74, 6) is 1.78. The quantitative estimate of drug-likeness (QED) is 0.636. The molecule has 9 heteroatoms. The number of hydrogen-bond donors (Lipinski definition) is 0. The van der Waals surface area contributed by atoms with Crippen LogP contribution in [0.1, 0.15) is 34.8 Å². The number of carbonyl (C=O) groups excluding carboxylic acids is 2. The number of methoxy groups -OCH3 is 1. The van der Waals surface area contributed by atoms with Crippen LogP contribution in [0, 0.1) is 0 Å². The number of hydrogen-bond acceptors (Lipinski definition) is 8. The highest BCUT2D eigenvalue weighted by Gasteiger charge is 2.31. The second-order valence-corrected chi connectivity index (χ2v) is 7.93. The van der Waals surface area contributed by atoms with Crippen LogP contribution in [0.25, 0.3) is 0 Å². The average Bonchev–Trinajstić information content (AvgIpc) is 3.36. The molecule has 3 aliphatic heterocycles.